The Morgan fingerprint density at radius 3 is 2.46 bits per heavy atom. The van der Waals surface area contributed by atoms with Gasteiger partial charge in [-0.3, -0.25) is 4.79 Å². The zero-order valence-corrected chi connectivity index (χ0v) is 14.8. The molecule has 24 heavy (non-hydrogen) atoms. The third kappa shape index (κ3) is 3.83. The normalized spacial score (nSPS) is 18.9. The van der Waals surface area contributed by atoms with Crippen LogP contribution in [0.15, 0.2) is 24.3 Å². The Labute approximate surface area is 147 Å². The Bertz CT molecular complexity index is 624. The van der Waals surface area contributed by atoms with Crippen LogP contribution in [0.4, 0.5) is 4.79 Å². The van der Waals surface area contributed by atoms with Gasteiger partial charge >= 0.3 is 6.03 Å². The molecular formula is C18H24ClN3O2. The highest BCUT2D eigenvalue weighted by molar-refractivity contribution is 6.31. The van der Waals surface area contributed by atoms with Crippen LogP contribution >= 0.6 is 11.6 Å². The van der Waals surface area contributed by atoms with Crippen LogP contribution in [-0.2, 0) is 4.79 Å². The SMILES string of the molecule is CC(C)C(NC(=O)N1CC(NC(=O)C2CC2)C1)c1ccccc1Cl. The standard InChI is InChI=1S/C18H24ClN3O2/c1-11(2)16(14-5-3-4-6-15(14)19)21-18(24)22-9-13(10-22)20-17(23)12-7-8-12/h3-6,11-13,16H,7-10H2,1-2H3,(H,20,23)(H,21,24). The monoisotopic (exact) mass is 349 g/mol. The Morgan fingerprint density at radius 2 is 1.88 bits per heavy atom. The lowest BCUT2D eigenvalue weighted by atomic mass is 9.96. The number of rotatable bonds is 5. The van der Waals surface area contributed by atoms with Crippen molar-refractivity contribution in [1.29, 1.82) is 0 Å². The summed E-state index contributed by atoms with van der Waals surface area (Å²) in [5.41, 5.74) is 0.932. The van der Waals surface area contributed by atoms with Crippen molar-refractivity contribution in [2.45, 2.75) is 38.8 Å². The van der Waals surface area contributed by atoms with Crippen molar-refractivity contribution in [3.8, 4) is 0 Å². The third-order valence-corrected chi connectivity index (χ3v) is 4.99. The first kappa shape index (κ1) is 17.1. The summed E-state index contributed by atoms with van der Waals surface area (Å²) in [6.45, 7) is 5.25. The van der Waals surface area contributed by atoms with Gasteiger partial charge in [-0.2, -0.15) is 0 Å². The molecule has 3 rings (SSSR count). The molecule has 1 saturated carbocycles. The van der Waals surface area contributed by atoms with Crippen molar-refractivity contribution >= 4 is 23.5 Å². The first-order valence-electron chi connectivity index (χ1n) is 8.56. The van der Waals surface area contributed by atoms with E-state index in [4.69, 9.17) is 11.6 Å². The maximum Gasteiger partial charge on any atom is 0.318 e. The van der Waals surface area contributed by atoms with Gasteiger partial charge in [0, 0.05) is 24.0 Å². The summed E-state index contributed by atoms with van der Waals surface area (Å²) < 4.78 is 0. The van der Waals surface area contributed by atoms with E-state index < -0.39 is 0 Å². The van der Waals surface area contributed by atoms with Crippen LogP contribution in [-0.4, -0.2) is 36.0 Å². The Morgan fingerprint density at radius 1 is 1.21 bits per heavy atom. The molecule has 2 fully saturated rings. The Kier molecular flexibility index (Phi) is 4.99. The quantitative estimate of drug-likeness (QED) is 0.858. The van der Waals surface area contributed by atoms with Crippen molar-refractivity contribution in [2.24, 2.45) is 11.8 Å². The van der Waals surface area contributed by atoms with E-state index in [1.807, 2.05) is 24.3 Å². The summed E-state index contributed by atoms with van der Waals surface area (Å²) in [4.78, 5) is 25.9. The highest BCUT2D eigenvalue weighted by Crippen LogP contribution is 2.30. The first-order valence-corrected chi connectivity index (χ1v) is 8.93. The molecule has 2 N–H and O–H groups in total. The minimum absolute atomic E-state index is 0.0849. The zero-order valence-electron chi connectivity index (χ0n) is 14.1. The van der Waals surface area contributed by atoms with Crippen LogP contribution in [0.5, 0.6) is 0 Å². The Balaban J connectivity index is 1.53. The van der Waals surface area contributed by atoms with E-state index in [0.29, 0.717) is 18.1 Å². The van der Waals surface area contributed by atoms with E-state index in [-0.39, 0.29) is 35.9 Å². The van der Waals surface area contributed by atoms with Crippen molar-refractivity contribution in [2.75, 3.05) is 13.1 Å². The molecule has 6 heteroatoms. The Hall–Kier alpha value is -1.75. The summed E-state index contributed by atoms with van der Waals surface area (Å²) in [7, 11) is 0. The largest absolute Gasteiger partial charge is 0.350 e. The summed E-state index contributed by atoms with van der Waals surface area (Å²) in [6, 6.07) is 7.44. The fourth-order valence-electron chi connectivity index (χ4n) is 2.96. The second-order valence-corrected chi connectivity index (χ2v) is 7.48. The minimum Gasteiger partial charge on any atom is -0.350 e. The number of carbonyl (C=O) groups is 2. The molecule has 1 aromatic carbocycles. The van der Waals surface area contributed by atoms with E-state index in [0.717, 1.165) is 18.4 Å². The number of halogens is 1. The van der Waals surface area contributed by atoms with Gasteiger partial charge < -0.3 is 15.5 Å². The van der Waals surface area contributed by atoms with E-state index in [2.05, 4.69) is 24.5 Å². The van der Waals surface area contributed by atoms with E-state index in [1.54, 1.807) is 4.90 Å². The van der Waals surface area contributed by atoms with Crippen LogP contribution in [0.3, 0.4) is 0 Å². The maximum atomic E-state index is 12.5. The lowest BCUT2D eigenvalue weighted by Crippen LogP contribution is -2.63. The molecule has 0 bridgehead atoms. The van der Waals surface area contributed by atoms with Crippen molar-refractivity contribution in [1.82, 2.24) is 15.5 Å². The molecule has 0 radical (unpaired) electrons. The predicted octanol–water partition coefficient (Wildman–Crippen LogP) is 2.96. The molecule has 0 spiro atoms. The molecule has 1 heterocycles. The molecule has 1 aliphatic heterocycles. The second-order valence-electron chi connectivity index (χ2n) is 7.08. The van der Waals surface area contributed by atoms with E-state index in [1.165, 1.54) is 0 Å². The number of benzene rings is 1. The maximum absolute atomic E-state index is 12.5. The average molecular weight is 350 g/mol. The topological polar surface area (TPSA) is 61.4 Å². The lowest BCUT2D eigenvalue weighted by Gasteiger charge is -2.40. The van der Waals surface area contributed by atoms with Gasteiger partial charge in [0.1, 0.15) is 0 Å². The predicted molar refractivity (Wildman–Crippen MR) is 93.8 cm³/mol. The highest BCUT2D eigenvalue weighted by atomic mass is 35.5. The van der Waals surface area contributed by atoms with Crippen LogP contribution < -0.4 is 10.6 Å². The van der Waals surface area contributed by atoms with Crippen LogP contribution in [0.2, 0.25) is 5.02 Å². The van der Waals surface area contributed by atoms with Gasteiger partial charge in [0.05, 0.1) is 12.1 Å². The fraction of sp³-hybridized carbons (Fsp3) is 0.556. The summed E-state index contributed by atoms with van der Waals surface area (Å²) in [6.07, 6.45) is 1.99. The summed E-state index contributed by atoms with van der Waals surface area (Å²) >= 11 is 6.28. The summed E-state index contributed by atoms with van der Waals surface area (Å²) in [5.74, 6) is 0.565. The highest BCUT2D eigenvalue weighted by Gasteiger charge is 2.37. The minimum atomic E-state index is -0.133. The van der Waals surface area contributed by atoms with Gasteiger partial charge in [-0.1, -0.05) is 43.6 Å². The molecule has 1 aliphatic carbocycles. The molecule has 130 valence electrons. The average Bonchev–Trinajstić information content (AvgIpc) is 3.33. The summed E-state index contributed by atoms with van der Waals surface area (Å²) in [5, 5.41) is 6.73. The molecular weight excluding hydrogens is 326 g/mol. The molecule has 1 saturated heterocycles. The van der Waals surface area contributed by atoms with Gasteiger partial charge in [0.2, 0.25) is 5.91 Å². The number of amides is 3. The van der Waals surface area contributed by atoms with Gasteiger partial charge in [-0.25, -0.2) is 4.79 Å². The molecule has 1 atom stereocenters. The number of urea groups is 1. The molecule has 0 aromatic heterocycles. The molecule has 5 nitrogen and oxygen atoms in total. The van der Waals surface area contributed by atoms with Crippen LogP contribution in [0, 0.1) is 11.8 Å². The lowest BCUT2D eigenvalue weighted by molar-refractivity contribution is -0.123. The number of likely N-dealkylation sites (tertiary alicyclic amines) is 1. The van der Waals surface area contributed by atoms with Gasteiger partial charge in [0.25, 0.3) is 0 Å². The van der Waals surface area contributed by atoms with E-state index in [9.17, 15) is 9.59 Å². The number of hydrogen-bond acceptors (Lipinski definition) is 2. The van der Waals surface area contributed by atoms with Gasteiger partial charge in [-0.05, 0) is 30.4 Å². The van der Waals surface area contributed by atoms with Crippen molar-refractivity contribution in [3.05, 3.63) is 34.9 Å². The number of carbonyl (C=O) groups excluding carboxylic acids is 2. The van der Waals surface area contributed by atoms with E-state index >= 15 is 0 Å². The van der Waals surface area contributed by atoms with Crippen LogP contribution in [0.25, 0.3) is 0 Å². The smallest absolute Gasteiger partial charge is 0.318 e. The van der Waals surface area contributed by atoms with Crippen LogP contribution in [0.1, 0.15) is 38.3 Å². The van der Waals surface area contributed by atoms with Gasteiger partial charge in [-0.15, -0.1) is 0 Å². The van der Waals surface area contributed by atoms with Gasteiger partial charge in [0.15, 0.2) is 0 Å². The van der Waals surface area contributed by atoms with Crippen molar-refractivity contribution in [3.63, 3.8) is 0 Å². The third-order valence-electron chi connectivity index (χ3n) is 4.65. The number of nitrogens with one attached hydrogen (secondary N) is 2. The first-order chi connectivity index (χ1) is 11.5. The number of nitrogens with zero attached hydrogens (tertiary/aromatic N) is 1. The number of hydrogen-bond donors (Lipinski definition) is 2. The molecule has 3 amide bonds. The fourth-order valence-corrected chi connectivity index (χ4v) is 3.21. The molecule has 1 aromatic rings. The second kappa shape index (κ2) is 7.01. The molecule has 2 aliphatic rings. The van der Waals surface area contributed by atoms with Crippen molar-refractivity contribution < 1.29 is 9.59 Å². The zero-order chi connectivity index (χ0) is 17.3. The molecule has 1 unspecified atom stereocenters.